The zero-order valence-electron chi connectivity index (χ0n) is 13.9. The molecule has 4 heteroatoms. The fourth-order valence-electron chi connectivity index (χ4n) is 3.07. The van der Waals surface area contributed by atoms with E-state index in [4.69, 9.17) is 16.3 Å². The van der Waals surface area contributed by atoms with E-state index in [1.807, 2.05) is 84.9 Å². The first-order valence-electron chi connectivity index (χ1n) is 8.30. The van der Waals surface area contributed by atoms with Gasteiger partial charge in [0.05, 0.1) is 11.4 Å². The summed E-state index contributed by atoms with van der Waals surface area (Å²) in [5.74, 6) is 1.14. The van der Waals surface area contributed by atoms with Crippen molar-refractivity contribution in [1.82, 2.24) is 0 Å². The maximum atomic E-state index is 12.6. The Morgan fingerprint density at radius 2 is 1.50 bits per heavy atom. The molecule has 128 valence electrons. The standard InChI is InChI=1S/C22H16ClNO2/c23-15-22(25)24-19-12-6-4-8-16(19)14-21(18-11-5-7-13-20(18)24)26-17-9-2-1-3-10-17/h1-14H,15H2. The fourth-order valence-corrected chi connectivity index (χ4v) is 3.19. The summed E-state index contributed by atoms with van der Waals surface area (Å²) < 4.78 is 6.17. The number of carbonyl (C=O) groups excluding carboxylic acids is 1. The van der Waals surface area contributed by atoms with E-state index in [0.29, 0.717) is 5.76 Å². The van der Waals surface area contributed by atoms with Gasteiger partial charge in [-0.25, -0.2) is 0 Å². The molecule has 3 aromatic rings. The summed E-state index contributed by atoms with van der Waals surface area (Å²) in [6.07, 6.45) is 1.96. The molecule has 26 heavy (non-hydrogen) atoms. The van der Waals surface area contributed by atoms with E-state index in [9.17, 15) is 4.79 Å². The summed E-state index contributed by atoms with van der Waals surface area (Å²) in [4.78, 5) is 14.3. The number of ether oxygens (including phenoxy) is 1. The van der Waals surface area contributed by atoms with Crippen LogP contribution in [0.1, 0.15) is 11.1 Å². The molecule has 0 fully saturated rings. The van der Waals surface area contributed by atoms with Crippen molar-refractivity contribution in [1.29, 1.82) is 0 Å². The summed E-state index contributed by atoms with van der Waals surface area (Å²) in [5, 5.41) is 0. The Balaban J connectivity index is 1.92. The van der Waals surface area contributed by atoms with Gasteiger partial charge in [0.1, 0.15) is 17.4 Å². The van der Waals surface area contributed by atoms with Gasteiger partial charge in [0.25, 0.3) is 0 Å². The molecular formula is C22H16ClNO2. The van der Waals surface area contributed by atoms with E-state index in [-0.39, 0.29) is 11.8 Å². The van der Waals surface area contributed by atoms with Crippen molar-refractivity contribution < 1.29 is 9.53 Å². The van der Waals surface area contributed by atoms with Crippen molar-refractivity contribution in [3.8, 4) is 5.75 Å². The fraction of sp³-hybridized carbons (Fsp3) is 0.0455. The number of benzene rings is 3. The van der Waals surface area contributed by atoms with Gasteiger partial charge in [0.15, 0.2) is 0 Å². The minimum absolute atomic E-state index is 0.0997. The summed E-state index contributed by atoms with van der Waals surface area (Å²) in [6, 6.07) is 25.0. The number of anilines is 2. The van der Waals surface area contributed by atoms with Crippen molar-refractivity contribution in [2.75, 3.05) is 10.8 Å². The third-order valence-electron chi connectivity index (χ3n) is 4.21. The Hall–Kier alpha value is -3.04. The minimum atomic E-state index is -0.180. The van der Waals surface area contributed by atoms with Gasteiger partial charge in [0, 0.05) is 11.1 Å². The third kappa shape index (κ3) is 2.98. The van der Waals surface area contributed by atoms with Crippen molar-refractivity contribution in [2.45, 2.75) is 0 Å². The molecule has 0 spiro atoms. The van der Waals surface area contributed by atoms with Gasteiger partial charge in [-0.15, -0.1) is 11.6 Å². The van der Waals surface area contributed by atoms with Crippen molar-refractivity contribution >= 4 is 40.7 Å². The monoisotopic (exact) mass is 361 g/mol. The molecule has 0 radical (unpaired) electrons. The van der Waals surface area contributed by atoms with E-state index in [0.717, 1.165) is 28.3 Å². The smallest absolute Gasteiger partial charge is 0.246 e. The van der Waals surface area contributed by atoms with Crippen LogP contribution in [0.3, 0.4) is 0 Å². The SMILES string of the molecule is O=C(CCl)N1c2ccccc2C=C(Oc2ccccc2)c2ccccc21. The van der Waals surface area contributed by atoms with Gasteiger partial charge in [-0.3, -0.25) is 9.69 Å². The predicted molar refractivity (Wildman–Crippen MR) is 106 cm³/mol. The van der Waals surface area contributed by atoms with Crippen molar-refractivity contribution in [3.63, 3.8) is 0 Å². The summed E-state index contributed by atoms with van der Waals surface area (Å²) in [7, 11) is 0. The van der Waals surface area contributed by atoms with E-state index >= 15 is 0 Å². The zero-order chi connectivity index (χ0) is 17.9. The normalized spacial score (nSPS) is 12.5. The average Bonchev–Trinajstić information content (AvgIpc) is 2.83. The van der Waals surface area contributed by atoms with Gasteiger partial charge >= 0.3 is 0 Å². The Bertz CT molecular complexity index is 982. The molecule has 0 aliphatic carbocycles. The first-order valence-corrected chi connectivity index (χ1v) is 8.83. The Morgan fingerprint density at radius 1 is 0.846 bits per heavy atom. The average molecular weight is 362 g/mol. The molecule has 0 aromatic heterocycles. The van der Waals surface area contributed by atoms with Crippen molar-refractivity contribution in [3.05, 3.63) is 90.0 Å². The Kier molecular flexibility index (Phi) is 4.46. The largest absolute Gasteiger partial charge is 0.457 e. The van der Waals surface area contributed by atoms with E-state index in [2.05, 4.69) is 0 Å². The maximum Gasteiger partial charge on any atom is 0.246 e. The number of amides is 1. The second-order valence-electron chi connectivity index (χ2n) is 5.86. The molecule has 1 heterocycles. The van der Waals surface area contributed by atoms with Gasteiger partial charge < -0.3 is 4.74 Å². The molecule has 0 N–H and O–H groups in total. The number of hydrogen-bond acceptors (Lipinski definition) is 2. The second kappa shape index (κ2) is 7.06. The van der Waals surface area contributed by atoms with Gasteiger partial charge in [-0.1, -0.05) is 48.5 Å². The molecule has 0 saturated heterocycles. The zero-order valence-corrected chi connectivity index (χ0v) is 14.7. The lowest BCUT2D eigenvalue weighted by Gasteiger charge is -2.24. The molecular weight excluding hydrogens is 346 g/mol. The first kappa shape index (κ1) is 16.4. The molecule has 0 bridgehead atoms. The number of fused-ring (bicyclic) bond motifs is 2. The molecule has 1 amide bonds. The molecule has 3 nitrogen and oxygen atoms in total. The van der Waals surface area contributed by atoms with Crippen LogP contribution in [0.2, 0.25) is 0 Å². The molecule has 4 rings (SSSR count). The molecule has 3 aromatic carbocycles. The van der Waals surface area contributed by atoms with Crippen LogP contribution in [0.4, 0.5) is 11.4 Å². The lowest BCUT2D eigenvalue weighted by Crippen LogP contribution is -2.28. The van der Waals surface area contributed by atoms with E-state index in [1.165, 1.54) is 0 Å². The molecule has 1 aliphatic rings. The lowest BCUT2D eigenvalue weighted by atomic mass is 10.1. The second-order valence-corrected chi connectivity index (χ2v) is 6.13. The number of alkyl halides is 1. The lowest BCUT2D eigenvalue weighted by molar-refractivity contribution is -0.115. The Labute approximate surface area is 157 Å². The van der Waals surface area contributed by atoms with E-state index < -0.39 is 0 Å². The Morgan fingerprint density at radius 3 is 2.27 bits per heavy atom. The number of hydrogen-bond donors (Lipinski definition) is 0. The van der Waals surface area contributed by atoms with Crippen LogP contribution in [0.25, 0.3) is 11.8 Å². The maximum absolute atomic E-state index is 12.6. The van der Waals surface area contributed by atoms with Gasteiger partial charge in [0.2, 0.25) is 5.91 Å². The van der Waals surface area contributed by atoms with Crippen molar-refractivity contribution in [2.24, 2.45) is 0 Å². The molecule has 1 aliphatic heterocycles. The summed E-state index contributed by atoms with van der Waals surface area (Å²) in [6.45, 7) is 0. The number of carbonyl (C=O) groups is 1. The minimum Gasteiger partial charge on any atom is -0.457 e. The van der Waals surface area contributed by atoms with Crippen LogP contribution in [-0.4, -0.2) is 11.8 Å². The number of halogens is 1. The quantitative estimate of drug-likeness (QED) is 0.578. The van der Waals surface area contributed by atoms with Crippen LogP contribution in [-0.2, 0) is 4.79 Å². The number of rotatable bonds is 3. The van der Waals surface area contributed by atoms with Crippen LogP contribution >= 0.6 is 11.6 Å². The highest BCUT2D eigenvalue weighted by Crippen LogP contribution is 2.40. The first-order chi connectivity index (χ1) is 12.8. The topological polar surface area (TPSA) is 29.5 Å². The highest BCUT2D eigenvalue weighted by molar-refractivity contribution is 6.30. The van der Waals surface area contributed by atoms with Gasteiger partial charge in [-0.05, 0) is 36.4 Å². The van der Waals surface area contributed by atoms with Crippen LogP contribution in [0, 0.1) is 0 Å². The van der Waals surface area contributed by atoms with Crippen LogP contribution in [0.5, 0.6) is 5.75 Å². The number of nitrogens with zero attached hydrogens (tertiary/aromatic N) is 1. The van der Waals surface area contributed by atoms with E-state index in [1.54, 1.807) is 4.90 Å². The molecule has 0 unspecified atom stereocenters. The highest BCUT2D eigenvalue weighted by Gasteiger charge is 2.26. The number of para-hydroxylation sites is 3. The predicted octanol–water partition coefficient (Wildman–Crippen LogP) is 5.48. The molecule has 0 saturated carbocycles. The third-order valence-corrected chi connectivity index (χ3v) is 4.44. The van der Waals surface area contributed by atoms with Crippen LogP contribution < -0.4 is 9.64 Å². The molecule has 0 atom stereocenters. The summed E-state index contributed by atoms with van der Waals surface area (Å²) in [5.41, 5.74) is 3.28. The highest BCUT2D eigenvalue weighted by atomic mass is 35.5. The van der Waals surface area contributed by atoms with Gasteiger partial charge in [-0.2, -0.15) is 0 Å². The summed E-state index contributed by atoms with van der Waals surface area (Å²) >= 11 is 5.90. The van der Waals surface area contributed by atoms with Crippen LogP contribution in [0.15, 0.2) is 78.9 Å².